The van der Waals surface area contributed by atoms with Crippen molar-refractivity contribution in [2.75, 3.05) is 34.5 Å². The van der Waals surface area contributed by atoms with E-state index in [1.54, 1.807) is 62.6 Å². The van der Waals surface area contributed by atoms with Gasteiger partial charge in [0.25, 0.3) is 5.91 Å². The van der Waals surface area contributed by atoms with E-state index in [-0.39, 0.29) is 12.2 Å². The largest absolute Gasteiger partial charge is 0.493 e. The molecule has 0 bridgehead atoms. The van der Waals surface area contributed by atoms with Gasteiger partial charge in [-0.3, -0.25) is 4.79 Å². The fourth-order valence-corrected chi connectivity index (χ4v) is 4.72. The molecule has 8 nitrogen and oxygen atoms in total. The lowest BCUT2D eigenvalue weighted by Gasteiger charge is -2.37. The van der Waals surface area contributed by atoms with Gasteiger partial charge in [0.15, 0.2) is 23.0 Å². The summed E-state index contributed by atoms with van der Waals surface area (Å²) in [6.45, 7) is 0.515. The van der Waals surface area contributed by atoms with E-state index < -0.39 is 17.6 Å². The van der Waals surface area contributed by atoms with Crippen LogP contribution in [0.25, 0.3) is 11.0 Å². The van der Waals surface area contributed by atoms with Crippen LogP contribution in [0.5, 0.6) is 23.0 Å². The molecule has 0 saturated heterocycles. The third-order valence-electron chi connectivity index (χ3n) is 6.60. The van der Waals surface area contributed by atoms with Crippen LogP contribution in [0.15, 0.2) is 75.9 Å². The average Bonchev–Trinajstić information content (AvgIpc) is 2.94. The van der Waals surface area contributed by atoms with E-state index in [0.717, 1.165) is 11.1 Å². The molecule has 0 aliphatic carbocycles. The van der Waals surface area contributed by atoms with Gasteiger partial charge in [-0.15, -0.1) is 0 Å². The number of hydrogen-bond acceptors (Lipinski definition) is 7. The lowest BCUT2D eigenvalue weighted by molar-refractivity contribution is 0.0583. The average molecular weight is 502 g/mol. The molecule has 1 aliphatic heterocycles. The van der Waals surface area contributed by atoms with Crippen molar-refractivity contribution in [3.05, 3.63) is 93.8 Å². The Bertz CT molecular complexity index is 1510. The second-order valence-electron chi connectivity index (χ2n) is 8.62. The molecule has 0 spiro atoms. The Kier molecular flexibility index (Phi) is 6.72. The molecule has 1 unspecified atom stereocenters. The SMILES string of the molecule is COc1cc2c(cc1OC)C(COc1ccccc1OC)N(C(=O)c1cc3ccccc3oc1=O)CC2. The van der Waals surface area contributed by atoms with Crippen LogP contribution >= 0.6 is 0 Å². The first-order valence-electron chi connectivity index (χ1n) is 11.9. The van der Waals surface area contributed by atoms with Crippen LogP contribution in [0.4, 0.5) is 0 Å². The van der Waals surface area contributed by atoms with E-state index >= 15 is 0 Å². The number of fused-ring (bicyclic) bond motifs is 2. The van der Waals surface area contributed by atoms with Crippen LogP contribution in [-0.2, 0) is 6.42 Å². The topological polar surface area (TPSA) is 87.4 Å². The second-order valence-corrected chi connectivity index (χ2v) is 8.62. The first kappa shape index (κ1) is 24.2. The smallest absolute Gasteiger partial charge is 0.349 e. The van der Waals surface area contributed by atoms with E-state index in [4.69, 9.17) is 23.4 Å². The van der Waals surface area contributed by atoms with E-state index in [2.05, 4.69) is 0 Å². The summed E-state index contributed by atoms with van der Waals surface area (Å²) >= 11 is 0. The maximum absolute atomic E-state index is 13.8. The minimum absolute atomic E-state index is 0.0232. The number of rotatable bonds is 7. The highest BCUT2D eigenvalue weighted by atomic mass is 16.5. The standard InChI is InChI=1S/C29H27NO7/c1-33-24-10-6-7-11-25(24)36-17-22-20-16-27(35-3)26(34-2)15-18(20)12-13-30(22)28(31)21-14-19-8-4-5-9-23(19)37-29(21)32/h4-11,14-16,22H,12-13,17H2,1-3H3. The zero-order chi connectivity index (χ0) is 25.9. The lowest BCUT2D eigenvalue weighted by atomic mass is 9.91. The highest BCUT2D eigenvalue weighted by molar-refractivity contribution is 5.97. The minimum atomic E-state index is -0.675. The van der Waals surface area contributed by atoms with Gasteiger partial charge >= 0.3 is 5.63 Å². The molecule has 3 aromatic carbocycles. The van der Waals surface area contributed by atoms with Crippen LogP contribution in [0.2, 0.25) is 0 Å². The molecule has 5 rings (SSSR count). The molecule has 4 aromatic rings. The Morgan fingerprint density at radius 3 is 2.32 bits per heavy atom. The second kappa shape index (κ2) is 10.3. The van der Waals surface area contributed by atoms with Crippen molar-refractivity contribution in [3.63, 3.8) is 0 Å². The Hall–Kier alpha value is -4.46. The monoisotopic (exact) mass is 501 g/mol. The van der Waals surface area contributed by atoms with Crippen molar-refractivity contribution in [2.45, 2.75) is 12.5 Å². The predicted octanol–water partition coefficient (Wildman–Crippen LogP) is 4.64. The normalized spacial score (nSPS) is 14.7. The number of hydrogen-bond donors (Lipinski definition) is 0. The molecule has 0 fully saturated rings. The van der Waals surface area contributed by atoms with Gasteiger partial charge in [-0.25, -0.2) is 4.79 Å². The molecule has 190 valence electrons. The lowest BCUT2D eigenvalue weighted by Crippen LogP contribution is -2.44. The minimum Gasteiger partial charge on any atom is -0.493 e. The zero-order valence-corrected chi connectivity index (χ0v) is 20.9. The fraction of sp³-hybridized carbons (Fsp3) is 0.241. The summed E-state index contributed by atoms with van der Waals surface area (Å²) in [4.78, 5) is 28.3. The van der Waals surface area contributed by atoms with Crippen molar-refractivity contribution in [1.82, 2.24) is 4.90 Å². The number of carbonyl (C=O) groups excluding carboxylic acids is 1. The van der Waals surface area contributed by atoms with Crippen LogP contribution in [0.3, 0.4) is 0 Å². The number of para-hydroxylation sites is 3. The van der Waals surface area contributed by atoms with Crippen molar-refractivity contribution < 1.29 is 28.2 Å². The van der Waals surface area contributed by atoms with Gasteiger partial charge in [0.1, 0.15) is 17.8 Å². The first-order chi connectivity index (χ1) is 18.0. The van der Waals surface area contributed by atoms with Gasteiger partial charge in [0.05, 0.1) is 27.4 Å². The molecule has 2 heterocycles. The molecule has 1 aliphatic rings. The number of nitrogens with zero attached hydrogens (tertiary/aromatic N) is 1. The summed E-state index contributed by atoms with van der Waals surface area (Å²) in [5.74, 6) is 1.87. The Balaban J connectivity index is 1.56. The predicted molar refractivity (Wildman–Crippen MR) is 138 cm³/mol. The van der Waals surface area contributed by atoms with Gasteiger partial charge in [0.2, 0.25) is 0 Å². The van der Waals surface area contributed by atoms with Gasteiger partial charge in [-0.05, 0) is 53.9 Å². The van der Waals surface area contributed by atoms with E-state index in [1.165, 1.54) is 0 Å². The number of methoxy groups -OCH3 is 3. The van der Waals surface area contributed by atoms with Crippen LogP contribution in [0.1, 0.15) is 27.5 Å². The van der Waals surface area contributed by atoms with E-state index in [1.807, 2.05) is 30.3 Å². The van der Waals surface area contributed by atoms with Crippen LogP contribution in [-0.4, -0.2) is 45.3 Å². The first-order valence-corrected chi connectivity index (χ1v) is 11.9. The van der Waals surface area contributed by atoms with Crippen molar-refractivity contribution >= 4 is 16.9 Å². The highest BCUT2D eigenvalue weighted by Crippen LogP contribution is 2.39. The van der Waals surface area contributed by atoms with Gasteiger partial charge in [0, 0.05) is 11.9 Å². The number of ether oxygens (including phenoxy) is 4. The molecule has 37 heavy (non-hydrogen) atoms. The molecule has 1 atom stereocenters. The number of carbonyl (C=O) groups is 1. The quantitative estimate of drug-likeness (QED) is 0.341. The summed E-state index contributed by atoms with van der Waals surface area (Å²) in [5.41, 5.74) is 1.61. The fourth-order valence-electron chi connectivity index (χ4n) is 4.72. The summed E-state index contributed by atoms with van der Waals surface area (Å²) in [7, 11) is 4.73. The Labute approximate surface area is 213 Å². The highest BCUT2D eigenvalue weighted by Gasteiger charge is 2.35. The maximum atomic E-state index is 13.8. The Morgan fingerprint density at radius 2 is 1.57 bits per heavy atom. The van der Waals surface area contributed by atoms with Crippen LogP contribution in [0, 0.1) is 0 Å². The molecule has 0 N–H and O–H groups in total. The summed E-state index contributed by atoms with van der Waals surface area (Å²) in [5, 5.41) is 0.677. The summed E-state index contributed by atoms with van der Waals surface area (Å²) < 4.78 is 28.1. The number of amides is 1. The number of benzene rings is 3. The maximum Gasteiger partial charge on any atom is 0.349 e. The summed E-state index contributed by atoms with van der Waals surface area (Å²) in [6.07, 6.45) is 0.575. The van der Waals surface area contributed by atoms with Crippen LogP contribution < -0.4 is 24.6 Å². The van der Waals surface area contributed by atoms with Gasteiger partial charge in [-0.2, -0.15) is 0 Å². The molecule has 1 aromatic heterocycles. The molecular formula is C29H27NO7. The van der Waals surface area contributed by atoms with Gasteiger partial charge in [-0.1, -0.05) is 30.3 Å². The Morgan fingerprint density at radius 1 is 0.892 bits per heavy atom. The van der Waals surface area contributed by atoms with Crippen molar-refractivity contribution in [2.24, 2.45) is 0 Å². The zero-order valence-electron chi connectivity index (χ0n) is 20.9. The third kappa shape index (κ3) is 4.58. The van der Waals surface area contributed by atoms with Crippen molar-refractivity contribution in [3.8, 4) is 23.0 Å². The molecule has 1 amide bonds. The molecule has 8 heteroatoms. The molecule has 0 radical (unpaired) electrons. The molecular weight excluding hydrogens is 474 g/mol. The third-order valence-corrected chi connectivity index (χ3v) is 6.60. The molecule has 0 saturated carbocycles. The van der Waals surface area contributed by atoms with Gasteiger partial charge < -0.3 is 28.3 Å². The van der Waals surface area contributed by atoms with E-state index in [9.17, 15) is 9.59 Å². The summed E-state index contributed by atoms with van der Waals surface area (Å²) in [6, 6.07) is 19.3. The van der Waals surface area contributed by atoms with Crippen molar-refractivity contribution in [1.29, 1.82) is 0 Å². The van der Waals surface area contributed by atoms with E-state index in [0.29, 0.717) is 46.9 Å².